The molecule has 12 heteroatoms. The molecule has 4 saturated carbocycles. The highest BCUT2D eigenvalue weighted by Crippen LogP contribution is 2.63. The predicted octanol–water partition coefficient (Wildman–Crippen LogP) is 4.86. The minimum atomic E-state index is -5.60. The van der Waals surface area contributed by atoms with Crippen molar-refractivity contribution in [2.75, 3.05) is 6.61 Å². The zero-order valence-corrected chi connectivity index (χ0v) is 20.3. The van der Waals surface area contributed by atoms with E-state index >= 15 is 8.78 Å². The van der Waals surface area contributed by atoms with Crippen LogP contribution in [0.3, 0.4) is 0 Å². The van der Waals surface area contributed by atoms with Gasteiger partial charge in [0.15, 0.2) is 16.5 Å². The number of hydrogen-bond acceptors (Lipinski definition) is 5. The average molecular weight is 549 g/mol. The molecule has 37 heavy (non-hydrogen) atoms. The van der Waals surface area contributed by atoms with Crippen molar-refractivity contribution in [3.05, 3.63) is 53.1 Å². The Hall–Kier alpha value is -2.12. The molecule has 6 nitrogen and oxygen atoms in total. The molecule has 2 atom stereocenters. The van der Waals surface area contributed by atoms with Crippen molar-refractivity contribution in [3.8, 4) is 11.1 Å². The van der Waals surface area contributed by atoms with E-state index in [4.69, 9.17) is 4.74 Å². The summed E-state index contributed by atoms with van der Waals surface area (Å²) in [6, 6.07) is 6.23. The van der Waals surface area contributed by atoms with Gasteiger partial charge >= 0.3 is 6.18 Å². The van der Waals surface area contributed by atoms with Crippen LogP contribution in [0.4, 0.5) is 22.0 Å². The second-order valence-electron chi connectivity index (χ2n) is 11.0. The van der Waals surface area contributed by atoms with Gasteiger partial charge in [0, 0.05) is 17.5 Å². The summed E-state index contributed by atoms with van der Waals surface area (Å²) in [7, 11) is -5.60. The first kappa shape index (κ1) is 26.5. The quantitative estimate of drug-likeness (QED) is 0.352. The molecule has 3 N–H and O–H groups in total. The topological polar surface area (TPSA) is 104 Å². The molecule has 0 aromatic heterocycles. The van der Waals surface area contributed by atoms with Crippen LogP contribution in [0.25, 0.3) is 11.1 Å². The lowest BCUT2D eigenvalue weighted by Crippen LogP contribution is -2.64. The zero-order chi connectivity index (χ0) is 27.0. The van der Waals surface area contributed by atoms with Gasteiger partial charge in [0.25, 0.3) is 10.1 Å². The molecule has 2 aromatic carbocycles. The molecule has 0 heterocycles. The fourth-order valence-electron chi connectivity index (χ4n) is 7.33. The number of ether oxygens (including phenoxy) is 1. The van der Waals surface area contributed by atoms with Crippen LogP contribution in [0.1, 0.15) is 49.7 Å². The van der Waals surface area contributed by atoms with Gasteiger partial charge in [-0.05, 0) is 49.0 Å². The summed E-state index contributed by atoms with van der Waals surface area (Å²) in [5, 5.41) is 21.8. The van der Waals surface area contributed by atoms with E-state index in [2.05, 4.69) is 0 Å². The first-order valence-corrected chi connectivity index (χ1v) is 13.2. The number of halogens is 5. The molecular weight excluding hydrogens is 523 g/mol. The molecule has 6 rings (SSSR count). The van der Waals surface area contributed by atoms with E-state index in [0.29, 0.717) is 19.3 Å². The SMILES string of the molecule is O=S(=O)(O)c1c(F)c(COCC23CC4CC(O)(CC(O)(C4)C2)C3)c(C(F)(F)F)c(-c2ccccc2)c1F. The maximum absolute atomic E-state index is 15.3. The highest BCUT2D eigenvalue weighted by Gasteiger charge is 2.62. The monoisotopic (exact) mass is 548 g/mol. The normalized spacial score (nSPS) is 31.2. The van der Waals surface area contributed by atoms with Crippen LogP contribution in [0.15, 0.2) is 35.2 Å². The molecule has 0 radical (unpaired) electrons. The minimum absolute atomic E-state index is 0.000962. The highest BCUT2D eigenvalue weighted by atomic mass is 32.2. The Morgan fingerprint density at radius 2 is 1.54 bits per heavy atom. The second-order valence-corrected chi connectivity index (χ2v) is 12.3. The molecule has 0 spiro atoms. The Morgan fingerprint density at radius 1 is 0.946 bits per heavy atom. The second kappa shape index (κ2) is 8.44. The third kappa shape index (κ3) is 4.67. The Labute approximate surface area is 209 Å². The molecule has 2 aromatic rings. The van der Waals surface area contributed by atoms with Crippen LogP contribution >= 0.6 is 0 Å². The molecule has 4 fully saturated rings. The lowest BCUT2D eigenvalue weighted by molar-refractivity contribution is -0.241. The predicted molar refractivity (Wildman–Crippen MR) is 120 cm³/mol. The summed E-state index contributed by atoms with van der Waals surface area (Å²) >= 11 is 0. The molecular formula is C25H25F5O6S. The van der Waals surface area contributed by atoms with Gasteiger partial charge in [-0.1, -0.05) is 30.3 Å². The Kier molecular flexibility index (Phi) is 6.04. The zero-order valence-electron chi connectivity index (χ0n) is 19.5. The van der Waals surface area contributed by atoms with E-state index in [1.54, 1.807) is 0 Å². The van der Waals surface area contributed by atoms with Crippen LogP contribution in [-0.2, 0) is 27.6 Å². The maximum atomic E-state index is 15.3. The van der Waals surface area contributed by atoms with E-state index < -0.39 is 72.7 Å². The molecule has 2 unspecified atom stereocenters. The van der Waals surface area contributed by atoms with Crippen LogP contribution in [0, 0.1) is 23.0 Å². The summed E-state index contributed by atoms with van der Waals surface area (Å²) in [6.07, 6.45) is -3.05. The fraction of sp³-hybridized carbons (Fsp3) is 0.520. The van der Waals surface area contributed by atoms with E-state index in [-0.39, 0.29) is 37.4 Å². The number of hydrogen-bond donors (Lipinski definition) is 3. The summed E-state index contributed by atoms with van der Waals surface area (Å²) in [5.74, 6) is -4.15. The van der Waals surface area contributed by atoms with Gasteiger partial charge in [-0.2, -0.15) is 21.6 Å². The van der Waals surface area contributed by atoms with Crippen LogP contribution in [0.5, 0.6) is 0 Å². The fourth-order valence-corrected chi connectivity index (χ4v) is 8.01. The molecule has 202 valence electrons. The van der Waals surface area contributed by atoms with E-state index in [0.717, 1.165) is 12.1 Å². The third-order valence-electron chi connectivity index (χ3n) is 7.82. The molecule has 4 bridgehead atoms. The van der Waals surface area contributed by atoms with Crippen LogP contribution < -0.4 is 0 Å². The number of alkyl halides is 3. The average Bonchev–Trinajstić information content (AvgIpc) is 2.71. The Bertz CT molecular complexity index is 1330. The van der Waals surface area contributed by atoms with Crippen molar-refractivity contribution in [1.29, 1.82) is 0 Å². The van der Waals surface area contributed by atoms with Crippen molar-refractivity contribution in [2.45, 2.75) is 67.4 Å². The van der Waals surface area contributed by atoms with Gasteiger partial charge in [-0.15, -0.1) is 0 Å². The lowest BCUT2D eigenvalue weighted by atomic mass is 9.46. The smallest absolute Gasteiger partial charge is 0.390 e. The van der Waals surface area contributed by atoms with Gasteiger partial charge in [-0.3, -0.25) is 4.55 Å². The van der Waals surface area contributed by atoms with Gasteiger partial charge < -0.3 is 14.9 Å². The van der Waals surface area contributed by atoms with E-state index in [9.17, 15) is 36.4 Å². The lowest BCUT2D eigenvalue weighted by Gasteiger charge is -2.63. The number of aliphatic hydroxyl groups is 2. The standard InChI is InChI=1S/C25H25F5O6S/c26-19-16(9-36-13-22-6-14-7-23(31,10-22)12-24(32,8-14)11-22)18(25(28,29)30)17(15-4-2-1-3-5-15)20(27)21(19)37(33,34)35/h1-5,14,31-32H,6-13H2,(H,33,34,35). The van der Waals surface area contributed by atoms with Gasteiger partial charge in [-0.25, -0.2) is 8.78 Å². The summed E-state index contributed by atoms with van der Waals surface area (Å²) in [6.45, 7) is -1.31. The van der Waals surface area contributed by atoms with Crippen LogP contribution in [-0.4, -0.2) is 41.0 Å². The third-order valence-corrected chi connectivity index (χ3v) is 8.69. The van der Waals surface area contributed by atoms with Crippen LogP contribution in [0.2, 0.25) is 0 Å². The molecule has 4 aliphatic rings. The Morgan fingerprint density at radius 3 is 2.05 bits per heavy atom. The van der Waals surface area contributed by atoms with Gasteiger partial charge in [0.1, 0.15) is 0 Å². The van der Waals surface area contributed by atoms with Crippen molar-refractivity contribution in [1.82, 2.24) is 0 Å². The number of rotatable bonds is 6. The first-order chi connectivity index (χ1) is 17.1. The molecule has 0 aliphatic heterocycles. The minimum Gasteiger partial charge on any atom is -0.390 e. The van der Waals surface area contributed by atoms with Crippen molar-refractivity contribution in [3.63, 3.8) is 0 Å². The largest absolute Gasteiger partial charge is 0.417 e. The van der Waals surface area contributed by atoms with Crippen molar-refractivity contribution < 1.29 is 49.9 Å². The summed E-state index contributed by atoms with van der Waals surface area (Å²) < 4.78 is 112. The maximum Gasteiger partial charge on any atom is 0.417 e. The molecule has 4 aliphatic carbocycles. The van der Waals surface area contributed by atoms with Gasteiger partial charge in [0.05, 0.1) is 30.0 Å². The van der Waals surface area contributed by atoms with E-state index in [1.165, 1.54) is 18.2 Å². The molecule has 0 saturated heterocycles. The Balaban J connectivity index is 1.57. The molecule has 0 amide bonds. The van der Waals surface area contributed by atoms with Gasteiger partial charge in [0.2, 0.25) is 0 Å². The first-order valence-electron chi connectivity index (χ1n) is 11.7. The highest BCUT2D eigenvalue weighted by molar-refractivity contribution is 7.85. The number of benzene rings is 2. The summed E-state index contributed by atoms with van der Waals surface area (Å²) in [5.41, 5.74) is -7.62. The van der Waals surface area contributed by atoms with E-state index in [1.807, 2.05) is 0 Å². The summed E-state index contributed by atoms with van der Waals surface area (Å²) in [4.78, 5) is -1.89. The van der Waals surface area contributed by atoms with Crippen molar-refractivity contribution in [2.24, 2.45) is 11.3 Å². The van der Waals surface area contributed by atoms with Crippen molar-refractivity contribution >= 4 is 10.1 Å².